The number of thioether (sulfide) groups is 1. The zero-order valence-corrected chi connectivity index (χ0v) is 14.6. The van der Waals surface area contributed by atoms with Crippen molar-refractivity contribution in [2.24, 2.45) is 17.8 Å². The topological polar surface area (TPSA) is 29.1 Å². The SMILES string of the molecule is O=C(CCCSc1ccccc1)NC12CC3CC(CC(C3)C1)C2. The van der Waals surface area contributed by atoms with Gasteiger partial charge in [0.2, 0.25) is 5.91 Å². The Bertz CT molecular complexity index is 521. The lowest BCUT2D eigenvalue weighted by molar-refractivity contribution is -0.126. The van der Waals surface area contributed by atoms with Gasteiger partial charge in [0.1, 0.15) is 0 Å². The molecule has 0 heterocycles. The molecule has 4 bridgehead atoms. The highest BCUT2D eigenvalue weighted by molar-refractivity contribution is 7.99. The molecule has 2 nitrogen and oxygen atoms in total. The van der Waals surface area contributed by atoms with Crippen LogP contribution in [0.3, 0.4) is 0 Å². The van der Waals surface area contributed by atoms with Crippen molar-refractivity contribution in [1.29, 1.82) is 0 Å². The van der Waals surface area contributed by atoms with Gasteiger partial charge in [-0.25, -0.2) is 0 Å². The van der Waals surface area contributed by atoms with Gasteiger partial charge in [0.05, 0.1) is 0 Å². The third-order valence-corrected chi connectivity index (χ3v) is 7.10. The van der Waals surface area contributed by atoms with Crippen molar-refractivity contribution >= 4 is 17.7 Å². The Labute approximate surface area is 143 Å². The molecule has 4 aliphatic carbocycles. The standard InChI is InChI=1S/C20H27NOS/c22-19(7-4-8-23-18-5-2-1-3-6-18)21-20-12-15-9-16(13-20)11-17(10-15)14-20/h1-3,5-6,15-17H,4,7-14H2,(H,21,22). The van der Waals surface area contributed by atoms with Gasteiger partial charge in [-0.1, -0.05) is 18.2 Å². The molecule has 1 aromatic carbocycles. The number of hydrogen-bond acceptors (Lipinski definition) is 2. The van der Waals surface area contributed by atoms with Crippen LogP contribution in [0.15, 0.2) is 35.2 Å². The summed E-state index contributed by atoms with van der Waals surface area (Å²) in [4.78, 5) is 13.7. The summed E-state index contributed by atoms with van der Waals surface area (Å²) in [7, 11) is 0. The van der Waals surface area contributed by atoms with Crippen LogP contribution in [0.5, 0.6) is 0 Å². The van der Waals surface area contributed by atoms with Gasteiger partial charge in [-0.15, -0.1) is 11.8 Å². The lowest BCUT2D eigenvalue weighted by Gasteiger charge is -2.56. The third-order valence-electron chi connectivity index (χ3n) is 6.00. The van der Waals surface area contributed by atoms with Crippen LogP contribution >= 0.6 is 11.8 Å². The average Bonchev–Trinajstić information content (AvgIpc) is 2.51. The minimum absolute atomic E-state index is 0.179. The fraction of sp³-hybridized carbons (Fsp3) is 0.650. The number of nitrogens with one attached hydrogen (secondary N) is 1. The Morgan fingerprint density at radius 3 is 2.26 bits per heavy atom. The minimum atomic E-state index is 0.179. The quantitative estimate of drug-likeness (QED) is 0.608. The van der Waals surface area contributed by atoms with Gasteiger partial charge in [-0.05, 0) is 80.6 Å². The van der Waals surface area contributed by atoms with Crippen LogP contribution in [-0.4, -0.2) is 17.2 Å². The summed E-state index contributed by atoms with van der Waals surface area (Å²) in [6, 6.07) is 10.5. The Kier molecular flexibility index (Phi) is 4.40. The highest BCUT2D eigenvalue weighted by atomic mass is 32.2. The van der Waals surface area contributed by atoms with E-state index in [1.807, 2.05) is 17.8 Å². The van der Waals surface area contributed by atoms with Gasteiger partial charge in [-0.2, -0.15) is 0 Å². The normalized spacial score (nSPS) is 34.5. The molecule has 4 fully saturated rings. The van der Waals surface area contributed by atoms with Gasteiger partial charge in [0, 0.05) is 16.9 Å². The van der Waals surface area contributed by atoms with Crippen LogP contribution in [0.2, 0.25) is 0 Å². The van der Waals surface area contributed by atoms with Crippen molar-refractivity contribution in [3.8, 4) is 0 Å². The number of amides is 1. The first-order valence-electron chi connectivity index (χ1n) is 9.20. The molecule has 0 radical (unpaired) electrons. The van der Waals surface area contributed by atoms with E-state index in [0.717, 1.165) is 29.9 Å². The molecule has 0 aromatic heterocycles. The van der Waals surface area contributed by atoms with Gasteiger partial charge >= 0.3 is 0 Å². The van der Waals surface area contributed by atoms with E-state index in [9.17, 15) is 4.79 Å². The summed E-state index contributed by atoms with van der Waals surface area (Å²) in [6.07, 6.45) is 9.71. The Morgan fingerprint density at radius 2 is 1.65 bits per heavy atom. The maximum absolute atomic E-state index is 12.4. The average molecular weight is 330 g/mol. The van der Waals surface area contributed by atoms with E-state index in [1.54, 1.807) is 0 Å². The van der Waals surface area contributed by atoms with Crippen molar-refractivity contribution in [2.75, 3.05) is 5.75 Å². The largest absolute Gasteiger partial charge is 0.351 e. The van der Waals surface area contributed by atoms with Crippen molar-refractivity contribution in [3.05, 3.63) is 30.3 Å². The molecule has 1 aromatic rings. The molecular weight excluding hydrogens is 302 g/mol. The lowest BCUT2D eigenvalue weighted by Crippen LogP contribution is -2.59. The second-order valence-corrected chi connectivity index (χ2v) is 9.18. The maximum Gasteiger partial charge on any atom is 0.220 e. The van der Waals surface area contributed by atoms with Gasteiger partial charge in [0.15, 0.2) is 0 Å². The Hall–Kier alpha value is -0.960. The number of carbonyl (C=O) groups excluding carboxylic acids is 1. The highest BCUT2D eigenvalue weighted by Gasteiger charge is 2.51. The van der Waals surface area contributed by atoms with Crippen LogP contribution in [0.1, 0.15) is 51.4 Å². The number of rotatable bonds is 6. The molecule has 5 rings (SSSR count). The molecule has 0 spiro atoms. The van der Waals surface area contributed by atoms with E-state index in [4.69, 9.17) is 0 Å². The first-order valence-corrected chi connectivity index (χ1v) is 10.2. The van der Waals surface area contributed by atoms with E-state index >= 15 is 0 Å². The minimum Gasteiger partial charge on any atom is -0.351 e. The summed E-state index contributed by atoms with van der Waals surface area (Å²) in [5, 5.41) is 3.48. The molecule has 124 valence electrons. The van der Waals surface area contributed by atoms with Crippen LogP contribution in [0, 0.1) is 17.8 Å². The molecule has 3 heteroatoms. The van der Waals surface area contributed by atoms with Crippen LogP contribution in [-0.2, 0) is 4.79 Å². The molecule has 23 heavy (non-hydrogen) atoms. The predicted molar refractivity (Wildman–Crippen MR) is 95.4 cm³/mol. The Balaban J connectivity index is 1.23. The zero-order chi connectivity index (χ0) is 15.7. The fourth-order valence-corrected chi connectivity index (χ4v) is 6.44. The van der Waals surface area contributed by atoms with E-state index in [-0.39, 0.29) is 5.54 Å². The van der Waals surface area contributed by atoms with Crippen LogP contribution in [0.25, 0.3) is 0 Å². The van der Waals surface area contributed by atoms with Crippen molar-refractivity contribution in [3.63, 3.8) is 0 Å². The van der Waals surface area contributed by atoms with Crippen molar-refractivity contribution < 1.29 is 4.79 Å². The summed E-state index contributed by atoms with van der Waals surface area (Å²) in [6.45, 7) is 0. The molecular formula is C20H27NOS. The van der Waals surface area contributed by atoms with E-state index in [1.165, 1.54) is 43.4 Å². The van der Waals surface area contributed by atoms with Gasteiger partial charge in [-0.3, -0.25) is 4.79 Å². The second kappa shape index (κ2) is 6.51. The van der Waals surface area contributed by atoms with Gasteiger partial charge in [0.25, 0.3) is 0 Å². The molecule has 0 aliphatic heterocycles. The smallest absolute Gasteiger partial charge is 0.220 e. The van der Waals surface area contributed by atoms with Gasteiger partial charge < -0.3 is 5.32 Å². The maximum atomic E-state index is 12.4. The molecule has 4 saturated carbocycles. The summed E-state index contributed by atoms with van der Waals surface area (Å²) in [5.74, 6) is 4.01. The summed E-state index contributed by atoms with van der Waals surface area (Å²) in [5.41, 5.74) is 0.179. The number of carbonyl (C=O) groups is 1. The first kappa shape index (κ1) is 15.6. The summed E-state index contributed by atoms with van der Waals surface area (Å²) < 4.78 is 0. The summed E-state index contributed by atoms with van der Waals surface area (Å²) >= 11 is 1.85. The number of benzene rings is 1. The molecule has 0 saturated heterocycles. The second-order valence-electron chi connectivity index (χ2n) is 8.01. The number of hydrogen-bond donors (Lipinski definition) is 1. The van der Waals surface area contributed by atoms with E-state index in [2.05, 4.69) is 29.6 Å². The molecule has 0 atom stereocenters. The Morgan fingerprint density at radius 1 is 1.04 bits per heavy atom. The van der Waals surface area contributed by atoms with E-state index in [0.29, 0.717) is 12.3 Å². The highest BCUT2D eigenvalue weighted by Crippen LogP contribution is 2.55. The lowest BCUT2D eigenvalue weighted by atomic mass is 9.53. The zero-order valence-electron chi connectivity index (χ0n) is 13.8. The van der Waals surface area contributed by atoms with E-state index < -0.39 is 0 Å². The fourth-order valence-electron chi connectivity index (χ4n) is 5.56. The van der Waals surface area contributed by atoms with Crippen molar-refractivity contribution in [1.82, 2.24) is 5.32 Å². The predicted octanol–water partition coefficient (Wildman–Crippen LogP) is 4.64. The molecule has 0 unspecified atom stereocenters. The van der Waals surface area contributed by atoms with Crippen molar-refractivity contribution in [2.45, 2.75) is 61.8 Å². The first-order chi connectivity index (χ1) is 11.2. The van der Waals surface area contributed by atoms with Crippen LogP contribution in [0.4, 0.5) is 0 Å². The molecule has 1 N–H and O–H groups in total. The monoisotopic (exact) mass is 329 g/mol. The van der Waals surface area contributed by atoms with Crippen LogP contribution < -0.4 is 5.32 Å². The molecule has 4 aliphatic rings. The third kappa shape index (κ3) is 3.60. The molecule has 1 amide bonds.